The largest absolute Gasteiger partial charge is 0.389 e. The molecule has 0 aromatic heterocycles. The van der Waals surface area contributed by atoms with Gasteiger partial charge in [-0.05, 0) is 26.7 Å². The smallest absolute Gasteiger partial charge is 0.194 e. The highest BCUT2D eigenvalue weighted by molar-refractivity contribution is 14.0. The SMILES string of the molecule is CCNC(=NCC(O)COCC(C)C)N1CCSC(C)(C)C1.I. The van der Waals surface area contributed by atoms with Crippen molar-refractivity contribution in [2.45, 2.75) is 45.5 Å². The predicted octanol–water partition coefficient (Wildman–Crippen LogP) is 2.43. The molecule has 1 fully saturated rings. The third kappa shape index (κ3) is 9.99. The first-order valence-corrected chi connectivity index (χ1v) is 9.25. The fourth-order valence-electron chi connectivity index (χ4n) is 2.31. The van der Waals surface area contributed by atoms with E-state index in [0.29, 0.717) is 25.7 Å². The number of halogens is 1. The Morgan fingerprint density at radius 1 is 1.39 bits per heavy atom. The minimum Gasteiger partial charge on any atom is -0.389 e. The number of guanidine groups is 1. The molecule has 0 aromatic carbocycles. The molecule has 138 valence electrons. The van der Waals surface area contributed by atoms with E-state index in [4.69, 9.17) is 4.74 Å². The highest BCUT2D eigenvalue weighted by Gasteiger charge is 2.28. The van der Waals surface area contributed by atoms with Gasteiger partial charge in [0.1, 0.15) is 0 Å². The Balaban J connectivity index is 0.00000484. The summed E-state index contributed by atoms with van der Waals surface area (Å²) >= 11 is 2.00. The summed E-state index contributed by atoms with van der Waals surface area (Å²) in [5, 5.41) is 13.3. The lowest BCUT2D eigenvalue weighted by molar-refractivity contribution is 0.0300. The highest BCUT2D eigenvalue weighted by Crippen LogP contribution is 2.29. The van der Waals surface area contributed by atoms with Gasteiger partial charge in [-0.25, -0.2) is 0 Å². The number of nitrogens with one attached hydrogen (secondary N) is 1. The summed E-state index contributed by atoms with van der Waals surface area (Å²) in [5.41, 5.74) is 0. The van der Waals surface area contributed by atoms with Gasteiger partial charge in [0.15, 0.2) is 5.96 Å². The van der Waals surface area contributed by atoms with Gasteiger partial charge in [0.2, 0.25) is 0 Å². The first-order chi connectivity index (χ1) is 10.3. The summed E-state index contributed by atoms with van der Waals surface area (Å²) in [6.45, 7) is 15.0. The molecule has 7 heteroatoms. The summed E-state index contributed by atoms with van der Waals surface area (Å²) < 4.78 is 5.71. The molecule has 0 spiro atoms. The number of rotatable bonds is 7. The van der Waals surface area contributed by atoms with Crippen molar-refractivity contribution in [2.75, 3.05) is 45.1 Å². The molecule has 23 heavy (non-hydrogen) atoms. The second kappa shape index (κ2) is 11.8. The van der Waals surface area contributed by atoms with Gasteiger partial charge < -0.3 is 20.1 Å². The van der Waals surface area contributed by atoms with Crippen molar-refractivity contribution in [3.63, 3.8) is 0 Å². The fraction of sp³-hybridized carbons (Fsp3) is 0.938. The maximum Gasteiger partial charge on any atom is 0.194 e. The molecule has 0 amide bonds. The molecule has 1 unspecified atom stereocenters. The molecule has 2 N–H and O–H groups in total. The van der Waals surface area contributed by atoms with E-state index in [2.05, 4.69) is 49.8 Å². The summed E-state index contributed by atoms with van der Waals surface area (Å²) in [6, 6.07) is 0. The second-order valence-electron chi connectivity index (χ2n) is 6.81. The van der Waals surface area contributed by atoms with Crippen molar-refractivity contribution >= 4 is 41.7 Å². The van der Waals surface area contributed by atoms with E-state index in [1.807, 2.05) is 11.8 Å². The first-order valence-electron chi connectivity index (χ1n) is 8.27. The maximum atomic E-state index is 10.00. The molecule has 0 saturated carbocycles. The van der Waals surface area contributed by atoms with Gasteiger partial charge in [-0.15, -0.1) is 24.0 Å². The van der Waals surface area contributed by atoms with E-state index in [9.17, 15) is 5.11 Å². The Morgan fingerprint density at radius 2 is 2.09 bits per heavy atom. The summed E-state index contributed by atoms with van der Waals surface area (Å²) in [6.07, 6.45) is -0.542. The van der Waals surface area contributed by atoms with Crippen molar-refractivity contribution in [1.82, 2.24) is 10.2 Å². The first kappa shape index (κ1) is 23.3. The molecule has 1 aliphatic rings. The van der Waals surface area contributed by atoms with Gasteiger partial charge in [0, 0.05) is 36.7 Å². The van der Waals surface area contributed by atoms with Gasteiger partial charge in [0.05, 0.1) is 19.3 Å². The zero-order chi connectivity index (χ0) is 16.6. The van der Waals surface area contributed by atoms with E-state index in [-0.39, 0.29) is 28.7 Å². The number of ether oxygens (including phenoxy) is 1. The molecule has 0 aliphatic carbocycles. The van der Waals surface area contributed by atoms with Crippen LogP contribution in [0.5, 0.6) is 0 Å². The average Bonchev–Trinajstić information content (AvgIpc) is 2.41. The maximum absolute atomic E-state index is 10.00. The van der Waals surface area contributed by atoms with Crippen LogP contribution >= 0.6 is 35.7 Å². The normalized spacial score (nSPS) is 19.4. The topological polar surface area (TPSA) is 57.1 Å². The van der Waals surface area contributed by atoms with Crippen LogP contribution in [0.2, 0.25) is 0 Å². The Morgan fingerprint density at radius 3 is 2.65 bits per heavy atom. The quantitative estimate of drug-likeness (QED) is 0.348. The zero-order valence-electron chi connectivity index (χ0n) is 15.2. The fourth-order valence-corrected chi connectivity index (χ4v) is 3.42. The molecule has 1 aliphatic heterocycles. The summed E-state index contributed by atoms with van der Waals surface area (Å²) in [4.78, 5) is 6.89. The van der Waals surface area contributed by atoms with Crippen LogP contribution in [0.1, 0.15) is 34.6 Å². The summed E-state index contributed by atoms with van der Waals surface area (Å²) in [7, 11) is 0. The number of hydrogen-bond acceptors (Lipinski definition) is 4. The van der Waals surface area contributed by atoms with E-state index < -0.39 is 6.10 Å². The molecule has 1 heterocycles. The van der Waals surface area contributed by atoms with Crippen molar-refractivity contribution in [3.8, 4) is 0 Å². The van der Waals surface area contributed by atoms with E-state index in [1.165, 1.54) is 0 Å². The Hall–Kier alpha value is 0.270. The lowest BCUT2D eigenvalue weighted by atomic mass is 10.2. The minimum atomic E-state index is -0.542. The van der Waals surface area contributed by atoms with Gasteiger partial charge >= 0.3 is 0 Å². The van der Waals surface area contributed by atoms with Crippen LogP contribution in [0.25, 0.3) is 0 Å². The molecule has 0 aromatic rings. The van der Waals surface area contributed by atoms with Crippen molar-refractivity contribution in [1.29, 1.82) is 0 Å². The number of hydrogen-bond donors (Lipinski definition) is 2. The van der Waals surface area contributed by atoms with Crippen LogP contribution < -0.4 is 5.32 Å². The van der Waals surface area contributed by atoms with Crippen LogP contribution in [-0.4, -0.2) is 72.0 Å². The number of thioether (sulfide) groups is 1. The van der Waals surface area contributed by atoms with Gasteiger partial charge in [0.25, 0.3) is 0 Å². The van der Waals surface area contributed by atoms with Crippen LogP contribution in [0.4, 0.5) is 0 Å². The zero-order valence-corrected chi connectivity index (χ0v) is 18.3. The molecular formula is C16H34IN3O2S. The number of aliphatic hydroxyl groups is 1. The molecule has 1 saturated heterocycles. The van der Waals surface area contributed by atoms with E-state index >= 15 is 0 Å². The van der Waals surface area contributed by atoms with E-state index in [0.717, 1.165) is 31.3 Å². The van der Waals surface area contributed by atoms with E-state index in [1.54, 1.807) is 0 Å². The molecule has 1 rings (SSSR count). The molecule has 1 atom stereocenters. The Labute approximate surface area is 163 Å². The number of nitrogens with zero attached hydrogens (tertiary/aromatic N) is 2. The van der Waals surface area contributed by atoms with Crippen molar-refractivity contribution in [2.24, 2.45) is 10.9 Å². The molecule has 0 radical (unpaired) electrons. The van der Waals surface area contributed by atoms with Crippen LogP contribution in [0.3, 0.4) is 0 Å². The third-order valence-corrected chi connectivity index (χ3v) is 4.57. The van der Waals surface area contributed by atoms with Gasteiger partial charge in [-0.1, -0.05) is 13.8 Å². The van der Waals surface area contributed by atoms with Crippen LogP contribution in [0.15, 0.2) is 4.99 Å². The number of aliphatic hydroxyl groups excluding tert-OH is 1. The summed E-state index contributed by atoms with van der Waals surface area (Å²) in [5.74, 6) is 2.50. The predicted molar refractivity (Wildman–Crippen MR) is 111 cm³/mol. The standard InChI is InChI=1S/C16H33N3O2S.HI/c1-6-17-15(19-7-8-22-16(4,5)12-19)18-9-14(20)11-21-10-13(2)3;/h13-14,20H,6-12H2,1-5H3,(H,17,18);1H. The molecular weight excluding hydrogens is 425 g/mol. The highest BCUT2D eigenvalue weighted by atomic mass is 127. The second-order valence-corrected chi connectivity index (χ2v) is 8.61. The Bertz CT molecular complexity index is 354. The minimum absolute atomic E-state index is 0. The lowest BCUT2D eigenvalue weighted by Crippen LogP contribution is -2.51. The molecule has 5 nitrogen and oxygen atoms in total. The number of aliphatic imine (C=N–C) groups is 1. The van der Waals surface area contributed by atoms with Crippen molar-refractivity contribution in [3.05, 3.63) is 0 Å². The Kier molecular flexibility index (Phi) is 11.9. The third-order valence-electron chi connectivity index (χ3n) is 3.27. The van der Waals surface area contributed by atoms with Crippen LogP contribution in [0, 0.1) is 5.92 Å². The lowest BCUT2D eigenvalue weighted by Gasteiger charge is -2.39. The van der Waals surface area contributed by atoms with Crippen LogP contribution in [-0.2, 0) is 4.74 Å². The van der Waals surface area contributed by atoms with Crippen molar-refractivity contribution < 1.29 is 9.84 Å². The monoisotopic (exact) mass is 459 g/mol. The van der Waals surface area contributed by atoms with Gasteiger partial charge in [-0.3, -0.25) is 4.99 Å². The molecule has 0 bridgehead atoms. The van der Waals surface area contributed by atoms with Gasteiger partial charge in [-0.2, -0.15) is 11.8 Å². The average molecular weight is 459 g/mol.